The Hall–Kier alpha value is -0.690. The first-order valence-electron chi connectivity index (χ1n) is 8.46. The van der Waals surface area contributed by atoms with Gasteiger partial charge in [0.25, 0.3) is 0 Å². The van der Waals surface area contributed by atoms with E-state index in [1.807, 2.05) is 13.8 Å². The molecule has 0 aromatic carbocycles. The molecule has 2 rings (SSSR count). The summed E-state index contributed by atoms with van der Waals surface area (Å²) in [6.07, 6.45) is 2.40. The minimum atomic E-state index is -0.892. The molecule has 0 unspecified atom stereocenters. The predicted molar refractivity (Wildman–Crippen MR) is 83.4 cm³/mol. The van der Waals surface area contributed by atoms with Gasteiger partial charge < -0.3 is 25.2 Å². The van der Waals surface area contributed by atoms with E-state index in [0.29, 0.717) is 19.2 Å². The van der Waals surface area contributed by atoms with E-state index >= 15 is 0 Å². The normalized spacial score (nSPS) is 23.5. The number of carbonyl (C=O) groups is 1. The maximum atomic E-state index is 11.9. The Kier molecular flexibility index (Phi) is 6.62. The van der Waals surface area contributed by atoms with Crippen LogP contribution < -0.4 is 5.32 Å². The summed E-state index contributed by atoms with van der Waals surface area (Å²) in [4.78, 5) is 14.0. The molecule has 6 heteroatoms. The van der Waals surface area contributed by atoms with Gasteiger partial charge in [0, 0.05) is 12.6 Å². The van der Waals surface area contributed by atoms with Crippen molar-refractivity contribution in [2.75, 3.05) is 26.2 Å². The molecular formula is C16H30N2O4. The number of aliphatic hydroxyl groups excluding tert-OH is 2. The van der Waals surface area contributed by atoms with Crippen molar-refractivity contribution in [3.63, 3.8) is 0 Å². The molecule has 1 aliphatic heterocycles. The minimum absolute atomic E-state index is 0.0269. The van der Waals surface area contributed by atoms with Gasteiger partial charge in [-0.15, -0.1) is 0 Å². The number of ether oxygens (including phenoxy) is 1. The Morgan fingerprint density at radius 2 is 1.86 bits per heavy atom. The predicted octanol–water partition coefficient (Wildman–Crippen LogP) is 0.124. The third-order valence-corrected chi connectivity index (χ3v) is 4.36. The third kappa shape index (κ3) is 5.83. The molecule has 2 aliphatic rings. The van der Waals surface area contributed by atoms with Crippen molar-refractivity contribution in [3.8, 4) is 0 Å². The lowest BCUT2D eigenvalue weighted by Gasteiger charge is -2.34. The van der Waals surface area contributed by atoms with Crippen LogP contribution >= 0.6 is 0 Å². The Morgan fingerprint density at radius 3 is 2.41 bits per heavy atom. The highest BCUT2D eigenvalue weighted by Gasteiger charge is 2.33. The lowest BCUT2D eigenvalue weighted by Crippen LogP contribution is -2.46. The first-order valence-corrected chi connectivity index (χ1v) is 8.46. The van der Waals surface area contributed by atoms with E-state index in [2.05, 4.69) is 10.2 Å². The number of amides is 1. The molecule has 2 fully saturated rings. The van der Waals surface area contributed by atoms with Crippen LogP contribution in [0.1, 0.15) is 39.5 Å². The van der Waals surface area contributed by atoms with Crippen LogP contribution in [-0.2, 0) is 9.53 Å². The van der Waals surface area contributed by atoms with Crippen molar-refractivity contribution in [1.29, 1.82) is 0 Å². The van der Waals surface area contributed by atoms with E-state index in [4.69, 9.17) is 4.74 Å². The molecule has 22 heavy (non-hydrogen) atoms. The molecule has 2 atom stereocenters. The van der Waals surface area contributed by atoms with Crippen molar-refractivity contribution in [1.82, 2.24) is 10.2 Å². The van der Waals surface area contributed by atoms with E-state index < -0.39 is 12.2 Å². The number of rotatable bonds is 8. The first kappa shape index (κ1) is 17.7. The summed E-state index contributed by atoms with van der Waals surface area (Å²) in [5.74, 6) is -0.189. The van der Waals surface area contributed by atoms with E-state index in [1.165, 1.54) is 0 Å². The average molecular weight is 314 g/mol. The Morgan fingerprint density at radius 1 is 1.23 bits per heavy atom. The first-order chi connectivity index (χ1) is 10.5. The van der Waals surface area contributed by atoms with Crippen LogP contribution in [0.3, 0.4) is 0 Å². The van der Waals surface area contributed by atoms with Crippen LogP contribution in [0.15, 0.2) is 0 Å². The zero-order valence-electron chi connectivity index (χ0n) is 13.7. The third-order valence-electron chi connectivity index (χ3n) is 4.36. The monoisotopic (exact) mass is 314 g/mol. The fraction of sp³-hybridized carbons (Fsp3) is 0.938. The van der Waals surface area contributed by atoms with Crippen LogP contribution in [0.25, 0.3) is 0 Å². The van der Waals surface area contributed by atoms with Crippen LogP contribution in [0.4, 0.5) is 0 Å². The highest BCUT2D eigenvalue weighted by molar-refractivity contribution is 5.81. The lowest BCUT2D eigenvalue weighted by molar-refractivity contribution is -0.133. The molecule has 0 aromatic heterocycles. The topological polar surface area (TPSA) is 82.0 Å². The van der Waals surface area contributed by atoms with Crippen molar-refractivity contribution in [3.05, 3.63) is 0 Å². The largest absolute Gasteiger partial charge is 0.389 e. The molecular weight excluding hydrogens is 284 g/mol. The van der Waals surface area contributed by atoms with Gasteiger partial charge in [-0.2, -0.15) is 0 Å². The summed E-state index contributed by atoms with van der Waals surface area (Å²) < 4.78 is 5.41. The number of nitrogens with zero attached hydrogens (tertiary/aromatic N) is 1. The molecule has 1 heterocycles. The highest BCUT2D eigenvalue weighted by Crippen LogP contribution is 2.23. The number of piperidine rings is 1. The molecule has 1 amide bonds. The smallest absolute Gasteiger partial charge is 0.249 e. The van der Waals surface area contributed by atoms with Gasteiger partial charge in [0.15, 0.2) is 0 Å². The molecule has 0 radical (unpaired) electrons. The van der Waals surface area contributed by atoms with Crippen LogP contribution in [0, 0.1) is 5.92 Å². The second-order valence-electron chi connectivity index (χ2n) is 6.90. The van der Waals surface area contributed by atoms with Crippen molar-refractivity contribution in [2.45, 2.75) is 63.9 Å². The van der Waals surface area contributed by atoms with Gasteiger partial charge in [0.2, 0.25) is 5.91 Å². The number of likely N-dealkylation sites (tertiary alicyclic amines) is 1. The molecule has 128 valence electrons. The second-order valence-corrected chi connectivity index (χ2v) is 6.90. The van der Waals surface area contributed by atoms with Gasteiger partial charge in [-0.1, -0.05) is 0 Å². The number of β-amino-alcohol motifs (C(OH)–C–C–N with tert-alkyl or cyclic N) is 1. The molecule has 3 N–H and O–H groups in total. The molecule has 1 saturated carbocycles. The Labute approximate surface area is 132 Å². The van der Waals surface area contributed by atoms with E-state index in [9.17, 15) is 15.0 Å². The van der Waals surface area contributed by atoms with Crippen molar-refractivity contribution in [2.24, 2.45) is 5.92 Å². The van der Waals surface area contributed by atoms with Crippen molar-refractivity contribution < 1.29 is 19.7 Å². The Balaban J connectivity index is 1.65. The van der Waals surface area contributed by atoms with Gasteiger partial charge in [-0.25, -0.2) is 0 Å². The van der Waals surface area contributed by atoms with Gasteiger partial charge in [0.1, 0.15) is 6.10 Å². The maximum Gasteiger partial charge on any atom is 0.249 e. The lowest BCUT2D eigenvalue weighted by atomic mass is 9.90. The van der Waals surface area contributed by atoms with Gasteiger partial charge in [0.05, 0.1) is 18.8 Å². The number of carbonyl (C=O) groups excluding carboxylic acids is 1. The molecule has 1 aliphatic carbocycles. The minimum Gasteiger partial charge on any atom is -0.389 e. The molecule has 0 spiro atoms. The average Bonchev–Trinajstić information content (AvgIpc) is 3.29. The van der Waals surface area contributed by atoms with Crippen LogP contribution in [0.5, 0.6) is 0 Å². The van der Waals surface area contributed by atoms with Crippen LogP contribution in [0.2, 0.25) is 0 Å². The fourth-order valence-electron chi connectivity index (χ4n) is 2.83. The standard InChI is InChI=1S/C16H30N2O4/c1-11(2)22-10-14(19)9-18-7-5-12(6-8-18)15(20)16(21)17-13-3-4-13/h11-15,19-20H,3-10H2,1-2H3,(H,17,21)/t14-,15+/m0/s1. The van der Waals surface area contributed by atoms with E-state index in [0.717, 1.165) is 38.8 Å². The summed E-state index contributed by atoms with van der Waals surface area (Å²) >= 11 is 0. The summed E-state index contributed by atoms with van der Waals surface area (Å²) in [6, 6.07) is 0.290. The van der Waals surface area contributed by atoms with Gasteiger partial charge in [-0.3, -0.25) is 4.79 Å². The number of aliphatic hydroxyl groups is 2. The van der Waals surface area contributed by atoms with Gasteiger partial charge >= 0.3 is 0 Å². The highest BCUT2D eigenvalue weighted by atomic mass is 16.5. The Bertz CT molecular complexity index is 352. The zero-order valence-corrected chi connectivity index (χ0v) is 13.7. The molecule has 6 nitrogen and oxygen atoms in total. The van der Waals surface area contributed by atoms with Crippen molar-refractivity contribution >= 4 is 5.91 Å². The molecule has 1 saturated heterocycles. The summed E-state index contributed by atoms with van der Waals surface area (Å²) in [5.41, 5.74) is 0. The second kappa shape index (κ2) is 8.24. The summed E-state index contributed by atoms with van der Waals surface area (Å²) in [6.45, 7) is 6.45. The van der Waals surface area contributed by atoms with Gasteiger partial charge in [-0.05, 0) is 58.5 Å². The number of hydrogen-bond acceptors (Lipinski definition) is 5. The number of nitrogens with one attached hydrogen (secondary N) is 1. The maximum absolute atomic E-state index is 11.9. The number of hydrogen-bond donors (Lipinski definition) is 3. The zero-order chi connectivity index (χ0) is 16.1. The van der Waals surface area contributed by atoms with E-state index in [1.54, 1.807) is 0 Å². The summed E-state index contributed by atoms with van der Waals surface area (Å²) in [5, 5.41) is 22.9. The van der Waals surface area contributed by atoms with E-state index in [-0.39, 0.29) is 17.9 Å². The molecule has 0 aromatic rings. The van der Waals surface area contributed by atoms with Crippen LogP contribution in [-0.4, -0.2) is 71.6 Å². The SMILES string of the molecule is CC(C)OC[C@@H](O)CN1CCC([C@@H](O)C(=O)NC2CC2)CC1. The fourth-order valence-corrected chi connectivity index (χ4v) is 2.83. The summed E-state index contributed by atoms with van der Waals surface area (Å²) in [7, 11) is 0. The quantitative estimate of drug-likeness (QED) is 0.593. The molecule has 0 bridgehead atoms.